The van der Waals surface area contributed by atoms with Gasteiger partial charge in [0.25, 0.3) is 0 Å². The van der Waals surface area contributed by atoms with Crippen LogP contribution in [0.5, 0.6) is 0 Å². The molecule has 0 aromatic carbocycles. The highest BCUT2D eigenvalue weighted by molar-refractivity contribution is 5.99. The number of rotatable bonds is 7. The van der Waals surface area contributed by atoms with Crippen molar-refractivity contribution in [2.75, 3.05) is 19.8 Å². The summed E-state index contributed by atoms with van der Waals surface area (Å²) in [4.78, 5) is 26.5. The van der Waals surface area contributed by atoms with Crippen LogP contribution in [0.1, 0.15) is 46.5 Å². The van der Waals surface area contributed by atoms with E-state index in [-0.39, 0.29) is 11.8 Å². The normalized spacial score (nSPS) is 30.6. The smallest absolute Gasteiger partial charge is 0.246 e. The minimum atomic E-state index is -0.683. The van der Waals surface area contributed by atoms with E-state index in [1.165, 1.54) is 0 Å². The number of unbranched alkanes of at least 4 members (excludes halogenated alkanes) is 1. The quantitative estimate of drug-likeness (QED) is 0.716. The van der Waals surface area contributed by atoms with Crippen LogP contribution in [0.15, 0.2) is 0 Å². The molecular weight excluding hydrogens is 256 g/mol. The molecule has 1 saturated heterocycles. The van der Waals surface area contributed by atoms with Gasteiger partial charge in [0, 0.05) is 13.2 Å². The molecule has 2 atom stereocenters. The first-order valence-electron chi connectivity index (χ1n) is 7.72. The van der Waals surface area contributed by atoms with Crippen LogP contribution in [0.25, 0.3) is 0 Å². The van der Waals surface area contributed by atoms with Gasteiger partial charge in [-0.15, -0.1) is 0 Å². The molecule has 0 aromatic rings. The fourth-order valence-electron chi connectivity index (χ4n) is 2.89. The van der Waals surface area contributed by atoms with Crippen molar-refractivity contribution >= 4 is 11.8 Å². The summed E-state index contributed by atoms with van der Waals surface area (Å²) >= 11 is 0. The summed E-state index contributed by atoms with van der Waals surface area (Å²) in [6, 6.07) is -0.426. The summed E-state index contributed by atoms with van der Waals surface area (Å²) < 4.78 is 5.56. The van der Waals surface area contributed by atoms with Gasteiger partial charge in [0.2, 0.25) is 11.8 Å². The second-order valence-electron chi connectivity index (χ2n) is 6.07. The Morgan fingerprint density at radius 1 is 1.35 bits per heavy atom. The number of hydrogen-bond acceptors (Lipinski definition) is 3. The topological polar surface area (TPSA) is 58.6 Å². The second-order valence-corrected chi connectivity index (χ2v) is 6.07. The maximum Gasteiger partial charge on any atom is 0.246 e. The molecule has 5 nitrogen and oxygen atoms in total. The molecule has 5 heteroatoms. The third kappa shape index (κ3) is 2.82. The third-order valence-electron chi connectivity index (χ3n) is 4.48. The lowest BCUT2D eigenvalue weighted by Crippen LogP contribution is -2.70. The Kier molecular flexibility index (Phi) is 4.68. The molecular formula is C15H26N2O3. The van der Waals surface area contributed by atoms with Crippen LogP contribution >= 0.6 is 0 Å². The van der Waals surface area contributed by atoms with Crippen molar-refractivity contribution in [3.63, 3.8) is 0 Å². The predicted octanol–water partition coefficient (Wildman–Crippen LogP) is 1.32. The Morgan fingerprint density at radius 2 is 2.05 bits per heavy atom. The zero-order chi connectivity index (χ0) is 14.8. The lowest BCUT2D eigenvalue weighted by Gasteiger charge is -2.46. The summed E-state index contributed by atoms with van der Waals surface area (Å²) in [6.07, 6.45) is 4.18. The first-order chi connectivity index (χ1) is 9.51. The summed E-state index contributed by atoms with van der Waals surface area (Å²) in [5, 5.41) is 2.81. The van der Waals surface area contributed by atoms with E-state index in [1.807, 2.05) is 6.92 Å². The fourth-order valence-corrected chi connectivity index (χ4v) is 2.89. The van der Waals surface area contributed by atoms with Crippen LogP contribution < -0.4 is 5.32 Å². The Balaban J connectivity index is 2.00. The Bertz CT molecular complexity index is 381. The molecule has 1 aliphatic heterocycles. The van der Waals surface area contributed by atoms with Crippen LogP contribution in [-0.4, -0.2) is 48.1 Å². The zero-order valence-electron chi connectivity index (χ0n) is 12.8. The van der Waals surface area contributed by atoms with E-state index < -0.39 is 11.6 Å². The monoisotopic (exact) mass is 282 g/mol. The molecule has 1 aliphatic carbocycles. The van der Waals surface area contributed by atoms with E-state index >= 15 is 0 Å². The zero-order valence-corrected chi connectivity index (χ0v) is 12.8. The minimum absolute atomic E-state index is 0.0121. The lowest BCUT2D eigenvalue weighted by molar-refractivity contribution is -0.158. The van der Waals surface area contributed by atoms with Gasteiger partial charge >= 0.3 is 0 Å². The van der Waals surface area contributed by atoms with Crippen molar-refractivity contribution in [1.29, 1.82) is 0 Å². The van der Waals surface area contributed by atoms with E-state index in [2.05, 4.69) is 12.2 Å². The Labute approximate surface area is 121 Å². The third-order valence-corrected chi connectivity index (χ3v) is 4.48. The summed E-state index contributed by atoms with van der Waals surface area (Å²) in [6.45, 7) is 7.50. The van der Waals surface area contributed by atoms with Crippen LogP contribution in [0, 0.1) is 5.92 Å². The highest BCUT2D eigenvalue weighted by Crippen LogP contribution is 2.44. The van der Waals surface area contributed by atoms with E-state index in [9.17, 15) is 9.59 Å². The van der Waals surface area contributed by atoms with Gasteiger partial charge in [-0.2, -0.15) is 0 Å². The maximum atomic E-state index is 12.4. The number of carbonyl (C=O) groups excluding carboxylic acids is 2. The summed E-state index contributed by atoms with van der Waals surface area (Å²) in [7, 11) is 0. The molecule has 2 unspecified atom stereocenters. The number of hydrogen-bond donors (Lipinski definition) is 1. The van der Waals surface area contributed by atoms with Crippen LogP contribution in [0.3, 0.4) is 0 Å². The average molecular weight is 282 g/mol. The molecule has 1 N–H and O–H groups in total. The van der Waals surface area contributed by atoms with Gasteiger partial charge in [-0.3, -0.25) is 9.59 Å². The second kappa shape index (κ2) is 6.12. The number of ether oxygens (including phenoxy) is 1. The number of nitrogens with one attached hydrogen (secondary N) is 1. The molecule has 2 aliphatic rings. The minimum Gasteiger partial charge on any atom is -0.380 e. The molecule has 20 heavy (non-hydrogen) atoms. The van der Waals surface area contributed by atoms with Gasteiger partial charge in [-0.25, -0.2) is 0 Å². The van der Waals surface area contributed by atoms with Gasteiger partial charge in [0.1, 0.15) is 11.6 Å². The number of amides is 2. The first kappa shape index (κ1) is 15.3. The summed E-state index contributed by atoms with van der Waals surface area (Å²) in [5.41, 5.74) is -0.683. The van der Waals surface area contributed by atoms with Gasteiger partial charge in [0.05, 0.1) is 6.61 Å². The van der Waals surface area contributed by atoms with Crippen molar-refractivity contribution in [2.45, 2.75) is 58.0 Å². The van der Waals surface area contributed by atoms with Crippen LogP contribution in [0.4, 0.5) is 0 Å². The molecule has 2 fully saturated rings. The molecule has 1 heterocycles. The number of carbonyl (C=O) groups is 2. The Morgan fingerprint density at radius 3 is 2.65 bits per heavy atom. The summed E-state index contributed by atoms with van der Waals surface area (Å²) in [5.74, 6) is 0.299. The molecule has 2 amide bonds. The highest BCUT2D eigenvalue weighted by atomic mass is 16.5. The van der Waals surface area contributed by atoms with E-state index in [0.717, 1.165) is 32.3 Å². The molecule has 0 radical (unpaired) electrons. The van der Waals surface area contributed by atoms with E-state index in [0.29, 0.717) is 19.1 Å². The van der Waals surface area contributed by atoms with Gasteiger partial charge in [-0.1, -0.05) is 13.3 Å². The molecule has 1 saturated carbocycles. The first-order valence-corrected chi connectivity index (χ1v) is 7.72. The highest BCUT2D eigenvalue weighted by Gasteiger charge is 2.56. The van der Waals surface area contributed by atoms with Crippen molar-refractivity contribution in [3.05, 3.63) is 0 Å². The van der Waals surface area contributed by atoms with E-state index in [4.69, 9.17) is 4.74 Å². The molecule has 114 valence electrons. The average Bonchev–Trinajstić information content (AvgIpc) is 3.24. The molecule has 0 aromatic heterocycles. The largest absolute Gasteiger partial charge is 0.380 e. The lowest BCUT2D eigenvalue weighted by atomic mass is 9.88. The fraction of sp³-hybridized carbons (Fsp3) is 0.867. The van der Waals surface area contributed by atoms with Crippen molar-refractivity contribution in [1.82, 2.24) is 10.2 Å². The van der Waals surface area contributed by atoms with Crippen LogP contribution in [-0.2, 0) is 14.3 Å². The van der Waals surface area contributed by atoms with E-state index in [1.54, 1.807) is 11.8 Å². The predicted molar refractivity (Wildman–Crippen MR) is 76.2 cm³/mol. The maximum absolute atomic E-state index is 12.4. The van der Waals surface area contributed by atoms with Gasteiger partial charge in [0.15, 0.2) is 0 Å². The standard InChI is InChI=1S/C15H26N2O3/c1-4-5-9-20-10-8-17-13(18)11(2)16-14(19)15(17,3)12-6-7-12/h11-12H,4-10H2,1-3H3,(H,16,19). The molecule has 0 spiro atoms. The van der Waals surface area contributed by atoms with Crippen molar-refractivity contribution in [3.8, 4) is 0 Å². The molecule has 2 rings (SSSR count). The number of nitrogens with zero attached hydrogens (tertiary/aromatic N) is 1. The number of piperazine rings is 1. The van der Waals surface area contributed by atoms with Gasteiger partial charge < -0.3 is 15.0 Å². The van der Waals surface area contributed by atoms with Crippen LogP contribution in [0.2, 0.25) is 0 Å². The van der Waals surface area contributed by atoms with Gasteiger partial charge in [-0.05, 0) is 39.0 Å². The van der Waals surface area contributed by atoms with Crippen molar-refractivity contribution in [2.24, 2.45) is 5.92 Å². The molecule has 0 bridgehead atoms. The van der Waals surface area contributed by atoms with Crippen molar-refractivity contribution < 1.29 is 14.3 Å². The SMILES string of the molecule is CCCCOCCN1C(=O)C(C)NC(=O)C1(C)C1CC1. The Hall–Kier alpha value is -1.10.